The Morgan fingerprint density at radius 2 is 1.92 bits per heavy atom. The predicted molar refractivity (Wildman–Crippen MR) is 94.0 cm³/mol. The van der Waals surface area contributed by atoms with Gasteiger partial charge in [-0.25, -0.2) is 17.5 Å². The fraction of sp³-hybridized carbons (Fsp3) is 0.312. The summed E-state index contributed by atoms with van der Waals surface area (Å²) in [5.74, 6) is 1.20. The Morgan fingerprint density at radius 3 is 2.52 bits per heavy atom. The summed E-state index contributed by atoms with van der Waals surface area (Å²) in [6.07, 6.45) is 1.58. The standard InChI is InChI=1S/C16H21N3O5S/c1-19(2)25(21,22)11-9-17-16(20)18-13-5-7-14(8-6-13)24-12-15-4-3-10-23-15/h3-8,10H,9,11-12H2,1-2H3,(H2,17,18,20). The number of ether oxygens (including phenoxy) is 1. The van der Waals surface area contributed by atoms with Crippen LogP contribution in [0.5, 0.6) is 5.75 Å². The van der Waals surface area contributed by atoms with Crippen molar-refractivity contribution in [2.24, 2.45) is 0 Å². The fourth-order valence-corrected chi connectivity index (χ4v) is 2.56. The third kappa shape index (κ3) is 6.12. The average molecular weight is 367 g/mol. The van der Waals surface area contributed by atoms with E-state index in [1.54, 1.807) is 36.6 Å². The van der Waals surface area contributed by atoms with Gasteiger partial charge in [-0.05, 0) is 36.4 Å². The quantitative estimate of drug-likeness (QED) is 0.742. The van der Waals surface area contributed by atoms with Crippen molar-refractivity contribution in [2.75, 3.05) is 31.7 Å². The van der Waals surface area contributed by atoms with Gasteiger partial charge in [0.25, 0.3) is 0 Å². The molecular formula is C16H21N3O5S. The highest BCUT2D eigenvalue weighted by molar-refractivity contribution is 7.89. The second-order valence-corrected chi connectivity index (χ2v) is 7.67. The molecule has 0 saturated carbocycles. The van der Waals surface area contributed by atoms with Gasteiger partial charge in [-0.15, -0.1) is 0 Å². The number of carbonyl (C=O) groups excluding carboxylic acids is 1. The van der Waals surface area contributed by atoms with Gasteiger partial charge < -0.3 is 19.8 Å². The van der Waals surface area contributed by atoms with Gasteiger partial charge in [0.05, 0.1) is 12.0 Å². The molecule has 2 rings (SSSR count). The molecular weight excluding hydrogens is 346 g/mol. The SMILES string of the molecule is CN(C)S(=O)(=O)CCNC(=O)Nc1ccc(OCc2ccco2)cc1. The first-order valence-electron chi connectivity index (χ1n) is 7.57. The van der Waals surface area contributed by atoms with Gasteiger partial charge in [0.1, 0.15) is 18.1 Å². The van der Waals surface area contributed by atoms with Crippen LogP contribution in [-0.4, -0.2) is 45.1 Å². The van der Waals surface area contributed by atoms with E-state index in [0.29, 0.717) is 23.8 Å². The Balaban J connectivity index is 1.75. The van der Waals surface area contributed by atoms with Crippen LogP contribution in [0.4, 0.5) is 10.5 Å². The predicted octanol–water partition coefficient (Wildman–Crippen LogP) is 1.87. The maximum Gasteiger partial charge on any atom is 0.319 e. The molecule has 0 aliphatic heterocycles. The first-order valence-corrected chi connectivity index (χ1v) is 9.18. The molecule has 2 amide bonds. The Bertz CT molecular complexity index is 771. The zero-order chi connectivity index (χ0) is 18.3. The first kappa shape index (κ1) is 18.8. The second-order valence-electron chi connectivity index (χ2n) is 5.37. The molecule has 2 aromatic rings. The van der Waals surface area contributed by atoms with Gasteiger partial charge in [-0.3, -0.25) is 0 Å². The van der Waals surface area contributed by atoms with Crippen molar-refractivity contribution < 1.29 is 22.4 Å². The molecule has 1 aromatic heterocycles. The van der Waals surface area contributed by atoms with Crippen LogP contribution in [0.1, 0.15) is 5.76 Å². The zero-order valence-corrected chi connectivity index (χ0v) is 14.9. The Hall–Kier alpha value is -2.52. The summed E-state index contributed by atoms with van der Waals surface area (Å²) >= 11 is 0. The van der Waals surface area contributed by atoms with Crippen LogP contribution in [0.25, 0.3) is 0 Å². The lowest BCUT2D eigenvalue weighted by atomic mass is 10.3. The van der Waals surface area contributed by atoms with Gasteiger partial charge in [0, 0.05) is 26.3 Å². The Labute approximate surface area is 146 Å². The Kier molecular flexibility index (Phi) is 6.43. The summed E-state index contributed by atoms with van der Waals surface area (Å²) in [5, 5.41) is 5.12. The topological polar surface area (TPSA) is 101 Å². The summed E-state index contributed by atoms with van der Waals surface area (Å²) in [5.41, 5.74) is 0.568. The number of urea groups is 1. The van der Waals surface area contributed by atoms with Gasteiger partial charge in [0.15, 0.2) is 0 Å². The summed E-state index contributed by atoms with van der Waals surface area (Å²) in [6.45, 7) is 0.345. The van der Waals surface area contributed by atoms with Crippen LogP contribution in [0, 0.1) is 0 Å². The highest BCUT2D eigenvalue weighted by Gasteiger charge is 2.13. The monoisotopic (exact) mass is 367 g/mol. The maximum atomic E-state index is 11.8. The van der Waals surface area contributed by atoms with E-state index in [1.165, 1.54) is 14.1 Å². The van der Waals surface area contributed by atoms with Gasteiger partial charge in [-0.1, -0.05) is 0 Å². The number of amides is 2. The summed E-state index contributed by atoms with van der Waals surface area (Å²) in [7, 11) is -0.432. The molecule has 0 unspecified atom stereocenters. The highest BCUT2D eigenvalue weighted by Crippen LogP contribution is 2.17. The van der Waals surface area contributed by atoms with E-state index >= 15 is 0 Å². The number of rotatable bonds is 8. The number of carbonyl (C=O) groups is 1. The van der Waals surface area contributed by atoms with Crippen molar-refractivity contribution >= 4 is 21.7 Å². The van der Waals surface area contributed by atoms with E-state index in [2.05, 4.69) is 10.6 Å². The molecule has 0 aliphatic carbocycles. The lowest BCUT2D eigenvalue weighted by Crippen LogP contribution is -2.36. The summed E-state index contributed by atoms with van der Waals surface area (Å²) in [6, 6.07) is 9.94. The highest BCUT2D eigenvalue weighted by atomic mass is 32.2. The lowest BCUT2D eigenvalue weighted by molar-refractivity contribution is 0.252. The van der Waals surface area contributed by atoms with Crippen LogP contribution in [-0.2, 0) is 16.6 Å². The molecule has 0 aliphatic rings. The number of hydrogen-bond donors (Lipinski definition) is 2. The molecule has 8 nitrogen and oxygen atoms in total. The molecule has 1 heterocycles. The number of sulfonamides is 1. The van der Waals surface area contributed by atoms with E-state index in [9.17, 15) is 13.2 Å². The van der Waals surface area contributed by atoms with E-state index in [4.69, 9.17) is 9.15 Å². The van der Waals surface area contributed by atoms with Crippen LogP contribution in [0.2, 0.25) is 0 Å². The minimum absolute atomic E-state index is 0.0245. The molecule has 0 spiro atoms. The van der Waals surface area contributed by atoms with Crippen molar-refractivity contribution in [3.05, 3.63) is 48.4 Å². The van der Waals surface area contributed by atoms with Crippen LogP contribution in [0.15, 0.2) is 47.1 Å². The van der Waals surface area contributed by atoms with E-state index in [0.717, 1.165) is 4.31 Å². The van der Waals surface area contributed by atoms with Crippen molar-refractivity contribution in [3.8, 4) is 5.75 Å². The third-order valence-corrected chi connectivity index (χ3v) is 5.11. The zero-order valence-electron chi connectivity index (χ0n) is 14.1. The average Bonchev–Trinajstić information content (AvgIpc) is 3.07. The van der Waals surface area contributed by atoms with E-state index in [-0.39, 0.29) is 12.3 Å². The molecule has 136 valence electrons. The Morgan fingerprint density at radius 1 is 1.20 bits per heavy atom. The number of anilines is 1. The molecule has 0 atom stereocenters. The van der Waals surface area contributed by atoms with Crippen molar-refractivity contribution in [1.29, 1.82) is 0 Å². The maximum absolute atomic E-state index is 11.8. The number of nitrogens with zero attached hydrogens (tertiary/aromatic N) is 1. The van der Waals surface area contributed by atoms with Crippen LogP contribution >= 0.6 is 0 Å². The van der Waals surface area contributed by atoms with Crippen LogP contribution in [0.3, 0.4) is 0 Å². The number of hydrogen-bond acceptors (Lipinski definition) is 5. The van der Waals surface area contributed by atoms with Gasteiger partial charge in [0.2, 0.25) is 10.0 Å². The smallest absolute Gasteiger partial charge is 0.319 e. The largest absolute Gasteiger partial charge is 0.486 e. The minimum atomic E-state index is -3.33. The van der Waals surface area contributed by atoms with Crippen molar-refractivity contribution in [2.45, 2.75) is 6.61 Å². The molecule has 2 N–H and O–H groups in total. The second kappa shape index (κ2) is 8.54. The number of nitrogens with one attached hydrogen (secondary N) is 2. The summed E-state index contributed by atoms with van der Waals surface area (Å²) < 4.78 is 35.0. The lowest BCUT2D eigenvalue weighted by Gasteiger charge is -2.12. The fourth-order valence-electron chi connectivity index (χ4n) is 1.84. The van der Waals surface area contributed by atoms with Crippen LogP contribution < -0.4 is 15.4 Å². The molecule has 0 bridgehead atoms. The number of furan rings is 1. The number of benzene rings is 1. The van der Waals surface area contributed by atoms with Crippen molar-refractivity contribution in [3.63, 3.8) is 0 Å². The molecule has 0 saturated heterocycles. The summed E-state index contributed by atoms with van der Waals surface area (Å²) in [4.78, 5) is 11.8. The van der Waals surface area contributed by atoms with E-state index < -0.39 is 16.1 Å². The van der Waals surface area contributed by atoms with Gasteiger partial charge in [-0.2, -0.15) is 0 Å². The molecule has 0 fully saturated rings. The molecule has 9 heteroatoms. The van der Waals surface area contributed by atoms with Crippen molar-refractivity contribution in [1.82, 2.24) is 9.62 Å². The third-order valence-electron chi connectivity index (χ3n) is 3.28. The normalized spacial score (nSPS) is 11.3. The first-order chi connectivity index (χ1) is 11.9. The minimum Gasteiger partial charge on any atom is -0.486 e. The van der Waals surface area contributed by atoms with E-state index in [1.807, 2.05) is 6.07 Å². The van der Waals surface area contributed by atoms with Gasteiger partial charge >= 0.3 is 6.03 Å². The molecule has 1 aromatic carbocycles. The molecule has 0 radical (unpaired) electrons. The molecule has 25 heavy (non-hydrogen) atoms.